The van der Waals surface area contributed by atoms with Crippen LogP contribution in [0.1, 0.15) is 59.5 Å². The molecule has 6 nitrogen and oxygen atoms in total. The van der Waals surface area contributed by atoms with Crippen molar-refractivity contribution in [3.63, 3.8) is 0 Å². The molecule has 0 bridgehead atoms. The number of ether oxygens (including phenoxy) is 1. The Kier molecular flexibility index (Phi) is 7.28. The van der Waals surface area contributed by atoms with Crippen molar-refractivity contribution < 1.29 is 19.1 Å². The molecule has 3 rings (SSSR count). The molecule has 0 aliphatic carbocycles. The molecule has 0 spiro atoms. The Balaban J connectivity index is 1.61. The van der Waals surface area contributed by atoms with E-state index >= 15 is 0 Å². The zero-order valence-corrected chi connectivity index (χ0v) is 19.3. The van der Waals surface area contributed by atoms with Crippen molar-refractivity contribution in [3.05, 3.63) is 95.1 Å². The number of carbonyl (C=O) groups excluding carboxylic acids is 3. The van der Waals surface area contributed by atoms with Crippen molar-refractivity contribution in [1.29, 1.82) is 0 Å². The van der Waals surface area contributed by atoms with Crippen LogP contribution in [-0.4, -0.2) is 17.8 Å². The summed E-state index contributed by atoms with van der Waals surface area (Å²) < 4.78 is 5.03. The summed E-state index contributed by atoms with van der Waals surface area (Å²) in [4.78, 5) is 36.2. The summed E-state index contributed by atoms with van der Waals surface area (Å²) in [5, 5.41) is 5.74. The van der Waals surface area contributed by atoms with Gasteiger partial charge in [-0.15, -0.1) is 0 Å². The quantitative estimate of drug-likeness (QED) is 0.410. The van der Waals surface area contributed by atoms with Gasteiger partial charge >= 0.3 is 5.97 Å². The lowest BCUT2D eigenvalue weighted by Crippen LogP contribution is -2.23. The lowest BCUT2D eigenvalue weighted by Gasteiger charge is -2.19. The van der Waals surface area contributed by atoms with E-state index in [1.165, 1.54) is 18.6 Å². The Bertz CT molecular complexity index is 1160. The van der Waals surface area contributed by atoms with E-state index < -0.39 is 5.97 Å². The van der Waals surface area contributed by atoms with Crippen molar-refractivity contribution in [2.45, 2.75) is 39.7 Å². The molecule has 0 unspecified atom stereocenters. The fraction of sp³-hybridized carbons (Fsp3) is 0.222. The number of hydrogen-bond acceptors (Lipinski definition) is 4. The Labute approximate surface area is 194 Å². The molecule has 0 saturated carbocycles. The maximum atomic E-state index is 12.6. The van der Waals surface area contributed by atoms with Crippen LogP contribution in [0.15, 0.2) is 72.8 Å². The third kappa shape index (κ3) is 6.77. The summed E-state index contributed by atoms with van der Waals surface area (Å²) in [6.45, 7) is 8.02. The number of benzene rings is 3. The van der Waals surface area contributed by atoms with Crippen LogP contribution in [0.4, 0.5) is 5.69 Å². The zero-order chi connectivity index (χ0) is 24.0. The van der Waals surface area contributed by atoms with Gasteiger partial charge in [0.1, 0.15) is 5.75 Å². The molecule has 2 amide bonds. The van der Waals surface area contributed by atoms with E-state index in [0.29, 0.717) is 29.1 Å². The molecular formula is C27H28N2O4. The van der Waals surface area contributed by atoms with Crippen LogP contribution in [-0.2, 0) is 16.8 Å². The first-order chi connectivity index (χ1) is 15.6. The van der Waals surface area contributed by atoms with E-state index in [1.807, 2.05) is 36.4 Å². The van der Waals surface area contributed by atoms with Gasteiger partial charge in [-0.1, -0.05) is 51.1 Å². The van der Waals surface area contributed by atoms with Crippen LogP contribution in [0.3, 0.4) is 0 Å². The first kappa shape index (κ1) is 23.7. The van der Waals surface area contributed by atoms with E-state index in [9.17, 15) is 14.4 Å². The van der Waals surface area contributed by atoms with Gasteiger partial charge in [0.25, 0.3) is 11.8 Å². The first-order valence-corrected chi connectivity index (χ1v) is 10.7. The van der Waals surface area contributed by atoms with Crippen LogP contribution >= 0.6 is 0 Å². The normalized spacial score (nSPS) is 10.9. The molecule has 0 aliphatic heterocycles. The molecule has 33 heavy (non-hydrogen) atoms. The Hall–Kier alpha value is -3.93. The van der Waals surface area contributed by atoms with Gasteiger partial charge < -0.3 is 15.4 Å². The van der Waals surface area contributed by atoms with Gasteiger partial charge in [-0.2, -0.15) is 0 Å². The third-order valence-electron chi connectivity index (χ3n) is 5.01. The summed E-state index contributed by atoms with van der Waals surface area (Å²) in [5.74, 6) is -0.633. The number of carbonyl (C=O) groups is 3. The number of rotatable bonds is 6. The number of amides is 2. The fourth-order valence-electron chi connectivity index (χ4n) is 3.24. The van der Waals surface area contributed by atoms with Crippen LogP contribution < -0.4 is 15.4 Å². The molecule has 2 N–H and O–H groups in total. The highest BCUT2D eigenvalue weighted by atomic mass is 16.5. The largest absolute Gasteiger partial charge is 0.427 e. The van der Waals surface area contributed by atoms with Crippen molar-refractivity contribution in [1.82, 2.24) is 5.32 Å². The molecule has 0 fully saturated rings. The second-order valence-electron chi connectivity index (χ2n) is 8.79. The van der Waals surface area contributed by atoms with E-state index in [2.05, 4.69) is 31.4 Å². The van der Waals surface area contributed by atoms with Gasteiger partial charge in [0.05, 0.1) is 0 Å². The summed E-state index contributed by atoms with van der Waals surface area (Å²) in [5.41, 5.74) is 3.61. The molecule has 3 aromatic carbocycles. The third-order valence-corrected chi connectivity index (χ3v) is 5.01. The average Bonchev–Trinajstić information content (AvgIpc) is 2.77. The minimum absolute atomic E-state index is 0.0294. The van der Waals surface area contributed by atoms with Gasteiger partial charge in [-0.05, 0) is 59.0 Å². The highest BCUT2D eigenvalue weighted by Crippen LogP contribution is 2.22. The Morgan fingerprint density at radius 3 is 2.18 bits per heavy atom. The van der Waals surface area contributed by atoms with Crippen molar-refractivity contribution in [2.24, 2.45) is 0 Å². The highest BCUT2D eigenvalue weighted by molar-refractivity contribution is 6.04. The highest BCUT2D eigenvalue weighted by Gasteiger charge is 2.14. The molecule has 0 atom stereocenters. The summed E-state index contributed by atoms with van der Waals surface area (Å²) >= 11 is 0. The van der Waals surface area contributed by atoms with E-state index in [4.69, 9.17) is 4.74 Å². The average molecular weight is 445 g/mol. The maximum Gasteiger partial charge on any atom is 0.308 e. The van der Waals surface area contributed by atoms with E-state index in [0.717, 1.165) is 5.56 Å². The van der Waals surface area contributed by atoms with Crippen molar-refractivity contribution >= 4 is 23.5 Å². The molecule has 0 heterocycles. The molecule has 0 saturated heterocycles. The number of hydrogen-bond donors (Lipinski definition) is 2. The van der Waals surface area contributed by atoms with Crippen LogP contribution in [0.25, 0.3) is 0 Å². The zero-order valence-electron chi connectivity index (χ0n) is 19.3. The minimum Gasteiger partial charge on any atom is -0.427 e. The van der Waals surface area contributed by atoms with Gasteiger partial charge in [0, 0.05) is 30.3 Å². The maximum absolute atomic E-state index is 12.6. The smallest absolute Gasteiger partial charge is 0.308 e. The standard InChI is InChI=1S/C27H28N2O4/c1-18(30)33-24-10-6-8-21(16-24)26(32)29-23-9-5-7-19(15-23)17-28-25(31)20-11-13-22(14-12-20)27(2,3)4/h5-16H,17H2,1-4H3,(H,28,31)(H,29,32). The Morgan fingerprint density at radius 2 is 1.52 bits per heavy atom. The number of anilines is 1. The molecule has 0 radical (unpaired) electrons. The predicted octanol–water partition coefficient (Wildman–Crippen LogP) is 5.09. The topological polar surface area (TPSA) is 84.5 Å². The molecule has 6 heteroatoms. The molecule has 0 aromatic heterocycles. The number of nitrogens with one attached hydrogen (secondary N) is 2. The summed E-state index contributed by atoms with van der Waals surface area (Å²) in [6, 6.07) is 21.3. The lowest BCUT2D eigenvalue weighted by molar-refractivity contribution is -0.131. The van der Waals surface area contributed by atoms with Crippen molar-refractivity contribution in [2.75, 3.05) is 5.32 Å². The van der Waals surface area contributed by atoms with Gasteiger partial charge in [0.15, 0.2) is 0 Å². The molecule has 3 aromatic rings. The van der Waals surface area contributed by atoms with Crippen molar-refractivity contribution in [3.8, 4) is 5.75 Å². The minimum atomic E-state index is -0.451. The van der Waals surface area contributed by atoms with Crippen LogP contribution in [0.2, 0.25) is 0 Å². The first-order valence-electron chi connectivity index (χ1n) is 10.7. The van der Waals surface area contributed by atoms with Crippen LogP contribution in [0, 0.1) is 0 Å². The molecule has 0 aliphatic rings. The van der Waals surface area contributed by atoms with E-state index in [1.54, 1.807) is 30.3 Å². The second kappa shape index (κ2) is 10.1. The van der Waals surface area contributed by atoms with E-state index in [-0.39, 0.29) is 17.2 Å². The fourth-order valence-corrected chi connectivity index (χ4v) is 3.24. The Morgan fingerprint density at radius 1 is 0.818 bits per heavy atom. The summed E-state index contributed by atoms with van der Waals surface area (Å²) in [7, 11) is 0. The van der Waals surface area contributed by atoms with Crippen LogP contribution in [0.5, 0.6) is 5.75 Å². The monoisotopic (exact) mass is 444 g/mol. The molecule has 170 valence electrons. The van der Waals surface area contributed by atoms with Gasteiger partial charge in [-0.3, -0.25) is 14.4 Å². The second-order valence-corrected chi connectivity index (χ2v) is 8.79. The SMILES string of the molecule is CC(=O)Oc1cccc(C(=O)Nc2cccc(CNC(=O)c3ccc(C(C)(C)C)cc3)c2)c1. The molecular weight excluding hydrogens is 416 g/mol. The number of esters is 1. The lowest BCUT2D eigenvalue weighted by atomic mass is 9.87. The van der Waals surface area contributed by atoms with Gasteiger partial charge in [-0.25, -0.2) is 0 Å². The predicted molar refractivity (Wildman–Crippen MR) is 128 cm³/mol. The summed E-state index contributed by atoms with van der Waals surface area (Å²) in [6.07, 6.45) is 0. The van der Waals surface area contributed by atoms with Gasteiger partial charge in [0.2, 0.25) is 0 Å².